The summed E-state index contributed by atoms with van der Waals surface area (Å²) in [6, 6.07) is 13.9. The van der Waals surface area contributed by atoms with Crippen molar-refractivity contribution in [3.8, 4) is 11.5 Å². The molecule has 0 fully saturated rings. The number of hydroxylamine groups is 2. The zero-order chi connectivity index (χ0) is 19.1. The topological polar surface area (TPSA) is 63.6 Å². The lowest BCUT2D eigenvalue weighted by Gasteiger charge is -2.34. The molecule has 0 unspecified atom stereocenters. The number of hydrogen-bond acceptors (Lipinski definition) is 3. The summed E-state index contributed by atoms with van der Waals surface area (Å²) < 4.78 is 0. The van der Waals surface area contributed by atoms with Gasteiger partial charge in [0, 0.05) is 0 Å². The molecule has 0 amide bonds. The Bertz CT molecular complexity index is 859. The van der Waals surface area contributed by atoms with E-state index in [2.05, 4.69) is 0 Å². The molecule has 0 atom stereocenters. The van der Waals surface area contributed by atoms with Crippen molar-refractivity contribution in [2.75, 3.05) is 0 Å². The van der Waals surface area contributed by atoms with Gasteiger partial charge in [-0.2, -0.15) is 0 Å². The fraction of sp³-hybridized carbons (Fsp3) is 0.273. The third-order valence-electron chi connectivity index (χ3n) is 4.86. The van der Waals surface area contributed by atoms with E-state index >= 15 is 0 Å². The molecular weight excluding hydrogens is 326 g/mol. The van der Waals surface area contributed by atoms with Crippen LogP contribution in [-0.2, 0) is 5.21 Å². The van der Waals surface area contributed by atoms with E-state index in [-0.39, 0.29) is 11.5 Å². The van der Waals surface area contributed by atoms with Crippen molar-refractivity contribution in [2.24, 2.45) is 0 Å². The summed E-state index contributed by atoms with van der Waals surface area (Å²) in [5.41, 5.74) is 2.41. The number of aromatic hydroxyl groups is 2. The minimum Gasteiger partial charge on any atom is -0.508 e. The van der Waals surface area contributed by atoms with Gasteiger partial charge in [-0.05, 0) is 80.3 Å². The average molecular weight is 350 g/mol. The summed E-state index contributed by atoms with van der Waals surface area (Å²) in [6.07, 6.45) is 4.02. The first-order valence-corrected chi connectivity index (χ1v) is 8.62. The first-order valence-electron chi connectivity index (χ1n) is 8.62. The van der Waals surface area contributed by atoms with Crippen molar-refractivity contribution in [2.45, 2.75) is 38.8 Å². The van der Waals surface area contributed by atoms with E-state index in [4.69, 9.17) is 0 Å². The molecule has 1 aliphatic rings. The number of benzene rings is 2. The molecule has 135 valence electrons. The fourth-order valence-electron chi connectivity index (χ4n) is 3.52. The third-order valence-corrected chi connectivity index (χ3v) is 4.86. The van der Waals surface area contributed by atoms with Crippen LogP contribution in [0.2, 0.25) is 0 Å². The predicted molar refractivity (Wildman–Crippen MR) is 103 cm³/mol. The Hall–Kier alpha value is -2.56. The lowest BCUT2D eigenvalue weighted by molar-refractivity contribution is -0.237. The van der Waals surface area contributed by atoms with E-state index in [1.807, 2.05) is 64.1 Å². The van der Waals surface area contributed by atoms with Crippen LogP contribution in [0.15, 0.2) is 60.2 Å². The Morgan fingerprint density at radius 2 is 1.38 bits per heavy atom. The number of rotatable bonds is 3. The van der Waals surface area contributed by atoms with E-state index in [0.29, 0.717) is 0 Å². The van der Waals surface area contributed by atoms with E-state index in [1.54, 1.807) is 24.3 Å². The van der Waals surface area contributed by atoms with Gasteiger partial charge in [-0.3, -0.25) is 0 Å². The quantitative estimate of drug-likeness (QED) is 0.783. The second-order valence-electron chi connectivity index (χ2n) is 7.76. The molecule has 2 aromatic carbocycles. The van der Waals surface area contributed by atoms with Gasteiger partial charge in [0.25, 0.3) is 0 Å². The molecule has 2 N–H and O–H groups in total. The molecule has 0 aliphatic carbocycles. The normalized spacial score (nSPS) is 19.4. The van der Waals surface area contributed by atoms with Gasteiger partial charge in [0.2, 0.25) is 0 Å². The van der Waals surface area contributed by atoms with Crippen molar-refractivity contribution in [1.29, 1.82) is 0 Å². The van der Waals surface area contributed by atoms with Gasteiger partial charge in [-0.15, -0.1) is 10.3 Å². The summed E-state index contributed by atoms with van der Waals surface area (Å²) in [4.78, 5) is 0. The number of phenols is 2. The maximum Gasteiger partial charge on any atom is 0.115 e. The zero-order valence-electron chi connectivity index (χ0n) is 15.5. The first kappa shape index (κ1) is 18.2. The number of hydrogen-bond donors (Lipinski definition) is 2. The van der Waals surface area contributed by atoms with Gasteiger partial charge >= 0.3 is 0 Å². The smallest absolute Gasteiger partial charge is 0.115 e. The average Bonchev–Trinajstić information content (AvgIpc) is 2.75. The summed E-state index contributed by atoms with van der Waals surface area (Å²) in [5, 5.41) is 33.1. The van der Waals surface area contributed by atoms with Gasteiger partial charge in [0.15, 0.2) is 0 Å². The molecule has 0 bridgehead atoms. The SMILES string of the molecule is CC1(C)C=C(/C(=C/c2ccc(O)cc2)c2ccc(O)cc2)C(C)(C)N1[O]. The Morgan fingerprint density at radius 3 is 1.85 bits per heavy atom. The second-order valence-corrected chi connectivity index (χ2v) is 7.76. The van der Waals surface area contributed by atoms with Crippen LogP contribution in [0, 0.1) is 0 Å². The Labute approximate surface area is 154 Å². The van der Waals surface area contributed by atoms with Crippen LogP contribution in [0.4, 0.5) is 0 Å². The molecule has 26 heavy (non-hydrogen) atoms. The van der Waals surface area contributed by atoms with Crippen molar-refractivity contribution in [3.05, 3.63) is 71.3 Å². The molecule has 0 saturated carbocycles. The van der Waals surface area contributed by atoms with Crippen molar-refractivity contribution in [1.82, 2.24) is 5.06 Å². The molecule has 4 heteroatoms. The van der Waals surface area contributed by atoms with Gasteiger partial charge in [0.1, 0.15) is 11.5 Å². The third kappa shape index (κ3) is 3.26. The van der Waals surface area contributed by atoms with E-state index in [9.17, 15) is 15.4 Å². The van der Waals surface area contributed by atoms with Gasteiger partial charge in [-0.25, -0.2) is 0 Å². The standard InChI is InChI=1S/C22H24NO3/c1-21(2)14-20(22(3,4)23(21)26)19(16-7-11-18(25)12-8-16)13-15-5-9-17(24)10-6-15/h5-14,24-25H,1-4H3/b19-13+. The minimum absolute atomic E-state index is 0.197. The fourth-order valence-corrected chi connectivity index (χ4v) is 3.52. The molecule has 2 aromatic rings. The maximum absolute atomic E-state index is 12.8. The summed E-state index contributed by atoms with van der Waals surface area (Å²) >= 11 is 0. The Morgan fingerprint density at radius 1 is 0.885 bits per heavy atom. The lowest BCUT2D eigenvalue weighted by Crippen LogP contribution is -2.46. The number of nitrogens with zero attached hydrogens (tertiary/aromatic N) is 1. The molecule has 1 radical (unpaired) electrons. The summed E-state index contributed by atoms with van der Waals surface area (Å²) in [6.45, 7) is 7.66. The molecule has 1 heterocycles. The van der Waals surface area contributed by atoms with Crippen molar-refractivity contribution in [3.63, 3.8) is 0 Å². The Balaban J connectivity index is 2.18. The van der Waals surface area contributed by atoms with Crippen LogP contribution in [0.5, 0.6) is 11.5 Å². The largest absolute Gasteiger partial charge is 0.508 e. The molecule has 0 spiro atoms. The van der Waals surface area contributed by atoms with Gasteiger partial charge < -0.3 is 10.2 Å². The molecule has 4 nitrogen and oxygen atoms in total. The van der Waals surface area contributed by atoms with Crippen LogP contribution >= 0.6 is 0 Å². The van der Waals surface area contributed by atoms with Gasteiger partial charge in [0.05, 0.1) is 11.1 Å². The predicted octanol–water partition coefficient (Wildman–Crippen LogP) is 4.78. The van der Waals surface area contributed by atoms with E-state index < -0.39 is 11.1 Å². The highest BCUT2D eigenvalue weighted by Gasteiger charge is 2.47. The zero-order valence-corrected chi connectivity index (χ0v) is 15.5. The summed E-state index contributed by atoms with van der Waals surface area (Å²) in [7, 11) is 0. The number of phenolic OH excluding ortho intramolecular Hbond substituents is 2. The van der Waals surface area contributed by atoms with Crippen molar-refractivity contribution >= 4 is 11.6 Å². The summed E-state index contributed by atoms with van der Waals surface area (Å²) in [5.74, 6) is 0.406. The molecule has 3 rings (SSSR count). The molecular formula is C22H24NO3. The van der Waals surface area contributed by atoms with Crippen LogP contribution < -0.4 is 0 Å². The van der Waals surface area contributed by atoms with Crippen LogP contribution in [0.3, 0.4) is 0 Å². The first-order chi connectivity index (χ1) is 12.1. The highest BCUT2D eigenvalue weighted by atomic mass is 16.5. The van der Waals surface area contributed by atoms with Gasteiger partial charge in [-0.1, -0.05) is 30.3 Å². The monoisotopic (exact) mass is 350 g/mol. The minimum atomic E-state index is -0.690. The lowest BCUT2D eigenvalue weighted by atomic mass is 9.85. The van der Waals surface area contributed by atoms with Crippen LogP contribution in [0.25, 0.3) is 11.6 Å². The second kappa shape index (κ2) is 6.31. The highest BCUT2D eigenvalue weighted by molar-refractivity contribution is 5.93. The van der Waals surface area contributed by atoms with Crippen LogP contribution in [0.1, 0.15) is 38.8 Å². The molecule has 0 aromatic heterocycles. The maximum atomic E-state index is 12.8. The van der Waals surface area contributed by atoms with E-state index in [1.165, 1.54) is 0 Å². The Kier molecular flexibility index (Phi) is 4.42. The highest BCUT2D eigenvalue weighted by Crippen LogP contribution is 2.45. The van der Waals surface area contributed by atoms with Crippen LogP contribution in [-0.4, -0.2) is 26.4 Å². The van der Waals surface area contributed by atoms with Crippen molar-refractivity contribution < 1.29 is 15.4 Å². The molecule has 1 aliphatic heterocycles. The molecule has 0 saturated heterocycles. The van der Waals surface area contributed by atoms with E-state index in [0.717, 1.165) is 27.3 Å².